The molecule has 2 aromatic rings. The molecular formula is C24H26F3N5O3. The van der Waals surface area contributed by atoms with Crippen molar-refractivity contribution >= 4 is 11.6 Å². The zero-order chi connectivity index (χ0) is 25.5. The van der Waals surface area contributed by atoms with Gasteiger partial charge in [-0.25, -0.2) is 4.79 Å². The molecule has 0 spiro atoms. The van der Waals surface area contributed by atoms with Gasteiger partial charge in [0.1, 0.15) is 6.54 Å². The number of nitriles is 1. The first-order valence-corrected chi connectivity index (χ1v) is 11.3. The number of alkyl halides is 3. The van der Waals surface area contributed by atoms with Gasteiger partial charge in [-0.05, 0) is 44.5 Å². The maximum absolute atomic E-state index is 13.4. The monoisotopic (exact) mass is 489 g/mol. The minimum Gasteiger partial charge on any atom is -0.396 e. The second kappa shape index (κ2) is 9.00. The Hall–Kier alpha value is -3.39. The third-order valence-electron chi connectivity index (χ3n) is 7.23. The summed E-state index contributed by atoms with van der Waals surface area (Å²) in [6.07, 6.45) is -4.16. The van der Waals surface area contributed by atoms with E-state index in [9.17, 15) is 27.9 Å². The molecule has 0 radical (unpaired) electrons. The number of fused-ring (bicyclic) bond motifs is 1. The highest BCUT2D eigenvalue weighted by Gasteiger charge is 2.50. The van der Waals surface area contributed by atoms with Crippen LogP contribution in [-0.2, 0) is 17.5 Å². The fraction of sp³-hybridized carbons (Fsp3) is 0.500. The molecule has 186 valence electrons. The summed E-state index contributed by atoms with van der Waals surface area (Å²) in [4.78, 5) is 32.6. The molecule has 1 aromatic carbocycles. The number of benzene rings is 1. The van der Waals surface area contributed by atoms with Gasteiger partial charge in [0, 0.05) is 54.6 Å². The van der Waals surface area contributed by atoms with Crippen molar-refractivity contribution < 1.29 is 23.1 Å². The Morgan fingerprint density at radius 2 is 2.03 bits per heavy atom. The van der Waals surface area contributed by atoms with E-state index in [1.165, 1.54) is 16.7 Å². The molecule has 1 N–H and O–H groups in total. The fourth-order valence-electron chi connectivity index (χ4n) is 5.23. The van der Waals surface area contributed by atoms with E-state index >= 15 is 0 Å². The summed E-state index contributed by atoms with van der Waals surface area (Å²) in [5.74, 6) is -0.434. The molecule has 35 heavy (non-hydrogen) atoms. The summed E-state index contributed by atoms with van der Waals surface area (Å²) in [7, 11) is 0. The zero-order valence-electron chi connectivity index (χ0n) is 19.5. The molecule has 8 nitrogen and oxygen atoms in total. The molecule has 0 bridgehead atoms. The Balaban J connectivity index is 1.53. The molecule has 11 heteroatoms. The largest absolute Gasteiger partial charge is 0.417 e. The average Bonchev–Trinajstić information content (AvgIpc) is 3.20. The number of hydrogen-bond donors (Lipinski definition) is 1. The number of rotatable bonds is 4. The first kappa shape index (κ1) is 24.7. The van der Waals surface area contributed by atoms with Crippen LogP contribution in [0.15, 0.2) is 29.1 Å². The van der Waals surface area contributed by atoms with Gasteiger partial charge >= 0.3 is 11.9 Å². The molecule has 2 atom stereocenters. The van der Waals surface area contributed by atoms with Crippen molar-refractivity contribution in [2.45, 2.75) is 33.0 Å². The molecule has 2 aliphatic heterocycles. The van der Waals surface area contributed by atoms with E-state index < -0.39 is 28.4 Å². The van der Waals surface area contributed by atoms with Crippen LogP contribution >= 0.6 is 0 Å². The van der Waals surface area contributed by atoms with Crippen LogP contribution in [0.25, 0.3) is 0 Å². The Kier molecular flexibility index (Phi) is 6.36. The minimum atomic E-state index is -4.65. The number of carbonyl (C=O) groups is 1. The number of hydrogen-bond acceptors (Lipinski definition) is 6. The van der Waals surface area contributed by atoms with E-state index in [1.807, 2.05) is 4.90 Å². The van der Waals surface area contributed by atoms with Crippen LogP contribution in [0.1, 0.15) is 28.9 Å². The van der Waals surface area contributed by atoms with E-state index in [1.54, 1.807) is 30.9 Å². The van der Waals surface area contributed by atoms with Crippen LogP contribution in [0.5, 0.6) is 0 Å². The van der Waals surface area contributed by atoms with E-state index in [0.717, 1.165) is 6.07 Å². The minimum absolute atomic E-state index is 0.151. The molecule has 2 saturated heterocycles. The maximum atomic E-state index is 13.4. The highest BCUT2D eigenvalue weighted by Crippen LogP contribution is 2.44. The SMILES string of the molecule is Cc1cc(C)n(CC(=O)N2C[C@H]3CN(c4ccc(C#N)c(C(F)(F)F)c4)CC[C@@]3(CO)C2)c(=O)n1. The van der Waals surface area contributed by atoms with Gasteiger partial charge in [-0.2, -0.15) is 23.4 Å². The third-order valence-corrected chi connectivity index (χ3v) is 7.23. The van der Waals surface area contributed by atoms with Crippen LogP contribution < -0.4 is 10.6 Å². The number of aliphatic hydroxyl groups excluding tert-OH is 1. The second-order valence-electron chi connectivity index (χ2n) is 9.43. The number of nitrogens with zero attached hydrogens (tertiary/aromatic N) is 5. The van der Waals surface area contributed by atoms with Gasteiger partial charge in [0.15, 0.2) is 0 Å². The molecule has 2 fully saturated rings. The predicted molar refractivity (Wildman–Crippen MR) is 121 cm³/mol. The quantitative estimate of drug-likeness (QED) is 0.706. The van der Waals surface area contributed by atoms with Crippen molar-refractivity contribution in [2.75, 3.05) is 37.7 Å². The number of aryl methyl sites for hydroxylation is 2. The van der Waals surface area contributed by atoms with E-state index in [-0.39, 0.29) is 25.0 Å². The fourth-order valence-corrected chi connectivity index (χ4v) is 5.23. The number of amides is 1. The molecular weight excluding hydrogens is 463 g/mol. The third kappa shape index (κ3) is 4.62. The molecule has 3 heterocycles. The lowest BCUT2D eigenvalue weighted by atomic mass is 9.73. The average molecular weight is 489 g/mol. The topological polar surface area (TPSA) is 102 Å². The Morgan fingerprint density at radius 3 is 2.66 bits per heavy atom. The number of likely N-dealkylation sites (tertiary alicyclic amines) is 1. The van der Waals surface area contributed by atoms with Gasteiger partial charge in [0.05, 0.1) is 23.8 Å². The lowest BCUT2D eigenvalue weighted by Gasteiger charge is -2.43. The van der Waals surface area contributed by atoms with Gasteiger partial charge < -0.3 is 14.9 Å². The number of piperidine rings is 1. The highest BCUT2D eigenvalue weighted by atomic mass is 19.4. The van der Waals surface area contributed by atoms with Crippen LogP contribution in [0, 0.1) is 36.5 Å². The van der Waals surface area contributed by atoms with Gasteiger partial charge in [0.25, 0.3) is 0 Å². The van der Waals surface area contributed by atoms with Crippen molar-refractivity contribution in [3.05, 3.63) is 57.3 Å². The number of carbonyl (C=O) groups excluding carboxylic acids is 1. The zero-order valence-corrected chi connectivity index (χ0v) is 19.5. The smallest absolute Gasteiger partial charge is 0.396 e. The molecule has 1 aromatic heterocycles. The van der Waals surface area contributed by atoms with Crippen molar-refractivity contribution in [2.24, 2.45) is 11.3 Å². The van der Waals surface area contributed by atoms with Crippen LogP contribution in [0.4, 0.5) is 18.9 Å². The lowest BCUT2D eigenvalue weighted by molar-refractivity contribution is -0.137. The van der Waals surface area contributed by atoms with Gasteiger partial charge in [-0.15, -0.1) is 0 Å². The summed E-state index contributed by atoms with van der Waals surface area (Å²) in [6.45, 7) is 4.52. The normalized spacial score (nSPS) is 22.1. The number of halogens is 3. The summed E-state index contributed by atoms with van der Waals surface area (Å²) >= 11 is 0. The first-order chi connectivity index (χ1) is 16.5. The Labute approximate surface area is 200 Å². The summed E-state index contributed by atoms with van der Waals surface area (Å²) in [5, 5.41) is 19.3. The predicted octanol–water partition coefficient (Wildman–Crippen LogP) is 2.10. The van der Waals surface area contributed by atoms with Crippen LogP contribution in [0.3, 0.4) is 0 Å². The lowest BCUT2D eigenvalue weighted by Crippen LogP contribution is -2.49. The summed E-state index contributed by atoms with van der Waals surface area (Å²) < 4.78 is 41.6. The Bertz CT molecular complexity index is 1250. The van der Waals surface area contributed by atoms with Gasteiger partial charge in [-0.3, -0.25) is 9.36 Å². The van der Waals surface area contributed by atoms with Crippen LogP contribution in [0.2, 0.25) is 0 Å². The van der Waals surface area contributed by atoms with E-state index in [2.05, 4.69) is 4.98 Å². The number of aliphatic hydroxyl groups is 1. The van der Waals surface area contributed by atoms with Crippen molar-refractivity contribution in [1.82, 2.24) is 14.5 Å². The van der Waals surface area contributed by atoms with Gasteiger partial charge in [0.2, 0.25) is 5.91 Å². The number of aromatic nitrogens is 2. The van der Waals surface area contributed by atoms with E-state index in [0.29, 0.717) is 49.7 Å². The Morgan fingerprint density at radius 1 is 1.29 bits per heavy atom. The summed E-state index contributed by atoms with van der Waals surface area (Å²) in [5.41, 5.74) is -0.936. The molecule has 4 rings (SSSR count). The van der Waals surface area contributed by atoms with Crippen molar-refractivity contribution in [3.8, 4) is 6.07 Å². The summed E-state index contributed by atoms with van der Waals surface area (Å²) in [6, 6.07) is 6.97. The van der Waals surface area contributed by atoms with E-state index in [4.69, 9.17) is 5.26 Å². The maximum Gasteiger partial charge on any atom is 0.417 e. The molecule has 0 unspecified atom stereocenters. The molecule has 2 aliphatic rings. The van der Waals surface area contributed by atoms with Crippen LogP contribution in [-0.4, -0.2) is 58.3 Å². The standard InChI is InChI=1S/C24H26F3N5O3/c1-15-7-16(2)32(22(35)29-15)12-21(34)31-11-18-10-30(6-5-23(18,13-31)14-33)19-4-3-17(9-28)20(8-19)24(25,26)27/h3-4,7-8,18,33H,5-6,10-14H2,1-2H3/t18-,23+/m1/s1. The highest BCUT2D eigenvalue weighted by molar-refractivity contribution is 5.76. The molecule has 1 amide bonds. The van der Waals surface area contributed by atoms with Crippen molar-refractivity contribution in [1.29, 1.82) is 5.26 Å². The first-order valence-electron chi connectivity index (χ1n) is 11.3. The number of anilines is 1. The second-order valence-corrected chi connectivity index (χ2v) is 9.43. The van der Waals surface area contributed by atoms with Gasteiger partial charge in [-0.1, -0.05) is 0 Å². The van der Waals surface area contributed by atoms with Crippen molar-refractivity contribution in [3.63, 3.8) is 0 Å². The molecule has 0 aliphatic carbocycles. The molecule has 0 saturated carbocycles.